The molecule has 0 aliphatic heterocycles. The lowest BCUT2D eigenvalue weighted by atomic mass is 10.6. The van der Waals surface area contributed by atoms with Gasteiger partial charge in [0.15, 0.2) is 0 Å². The Hall–Kier alpha value is -0.200. The van der Waals surface area contributed by atoms with Gasteiger partial charge < -0.3 is 26.0 Å². The van der Waals surface area contributed by atoms with Crippen molar-refractivity contribution in [2.75, 3.05) is 26.3 Å². The average Bonchev–Trinajstić information content (AvgIpc) is 1.97. The van der Waals surface area contributed by atoms with Crippen LogP contribution in [0, 0.1) is 0 Å². The molecule has 0 atom stereocenters. The number of rotatable bonds is 6. The van der Waals surface area contributed by atoms with E-state index in [4.69, 9.17) is 20.9 Å². The molecule has 0 aromatic heterocycles. The van der Waals surface area contributed by atoms with E-state index in [1.165, 1.54) is 6.92 Å². The monoisotopic (exact) mass is 164 g/mol. The summed E-state index contributed by atoms with van der Waals surface area (Å²) in [5.74, 6) is -1.56. The van der Waals surface area contributed by atoms with Gasteiger partial charge in [-0.2, -0.15) is 0 Å². The Balaban J connectivity index is 3.43. The Morgan fingerprint density at radius 2 is 1.55 bits per heavy atom. The highest BCUT2D eigenvalue weighted by Crippen LogP contribution is 2.05. The first-order valence-corrected chi connectivity index (χ1v) is 3.53. The summed E-state index contributed by atoms with van der Waals surface area (Å²) in [4.78, 5) is 0. The van der Waals surface area contributed by atoms with Gasteiger partial charge in [0, 0.05) is 20.0 Å². The van der Waals surface area contributed by atoms with Crippen LogP contribution in [-0.2, 0) is 9.47 Å². The lowest BCUT2D eigenvalue weighted by molar-refractivity contribution is -0.346. The molecule has 0 aromatic rings. The first-order chi connectivity index (χ1) is 5.12. The van der Waals surface area contributed by atoms with Crippen molar-refractivity contribution in [1.82, 2.24) is 0 Å². The van der Waals surface area contributed by atoms with Gasteiger partial charge in [0.05, 0.1) is 13.2 Å². The molecule has 0 aromatic carbocycles. The fraction of sp³-hybridized carbons (Fsp3) is 1.00. The molecule has 0 rings (SSSR count). The maximum absolute atomic E-state index is 9.22. The summed E-state index contributed by atoms with van der Waals surface area (Å²) in [5, 5.41) is 9.22. The van der Waals surface area contributed by atoms with Crippen LogP contribution >= 0.6 is 0 Å². The molecule has 11 heavy (non-hydrogen) atoms. The number of aliphatic hydroxyl groups is 1. The van der Waals surface area contributed by atoms with Crippen molar-refractivity contribution < 1.29 is 14.6 Å². The lowest BCUT2D eigenvalue weighted by Crippen LogP contribution is -2.35. The molecule has 5 heteroatoms. The standard InChI is InChI=1S/C6H16N2O3/c1-6(9,10-4-2-7)11-5-3-8/h9H,2-5,7-8H2,1H3. The summed E-state index contributed by atoms with van der Waals surface area (Å²) in [6, 6.07) is 0. The SMILES string of the molecule is CC(O)(OCCN)OCCN. The van der Waals surface area contributed by atoms with Crippen molar-refractivity contribution in [2.24, 2.45) is 11.5 Å². The molecule has 5 N–H and O–H groups in total. The van der Waals surface area contributed by atoms with E-state index < -0.39 is 5.97 Å². The Labute approximate surface area is 66.3 Å². The van der Waals surface area contributed by atoms with Crippen LogP contribution in [-0.4, -0.2) is 37.4 Å². The van der Waals surface area contributed by atoms with E-state index in [1.807, 2.05) is 0 Å². The fourth-order valence-corrected chi connectivity index (χ4v) is 0.538. The topological polar surface area (TPSA) is 90.7 Å². The second-order valence-corrected chi connectivity index (χ2v) is 2.17. The first-order valence-electron chi connectivity index (χ1n) is 3.53. The van der Waals surface area contributed by atoms with Gasteiger partial charge in [0.1, 0.15) is 0 Å². The van der Waals surface area contributed by atoms with E-state index in [9.17, 15) is 5.11 Å². The van der Waals surface area contributed by atoms with Crippen molar-refractivity contribution in [1.29, 1.82) is 0 Å². The van der Waals surface area contributed by atoms with E-state index >= 15 is 0 Å². The molecule has 0 unspecified atom stereocenters. The van der Waals surface area contributed by atoms with E-state index in [0.717, 1.165) is 0 Å². The molecule has 0 radical (unpaired) electrons. The maximum atomic E-state index is 9.22. The van der Waals surface area contributed by atoms with Crippen LogP contribution in [0.15, 0.2) is 0 Å². The molecule has 0 fully saturated rings. The molecule has 0 aliphatic rings. The molecule has 0 bridgehead atoms. The average molecular weight is 164 g/mol. The van der Waals surface area contributed by atoms with Crippen LogP contribution in [0.3, 0.4) is 0 Å². The molecule has 0 aliphatic carbocycles. The van der Waals surface area contributed by atoms with Gasteiger partial charge in [0.25, 0.3) is 5.97 Å². The Kier molecular flexibility index (Phi) is 5.35. The molecule has 0 saturated carbocycles. The fourth-order valence-electron chi connectivity index (χ4n) is 0.538. The first kappa shape index (κ1) is 10.8. The highest BCUT2D eigenvalue weighted by molar-refractivity contribution is 4.44. The number of hydrogen-bond acceptors (Lipinski definition) is 5. The predicted molar refractivity (Wildman–Crippen MR) is 40.6 cm³/mol. The van der Waals surface area contributed by atoms with Crippen LogP contribution in [0.25, 0.3) is 0 Å². The smallest absolute Gasteiger partial charge is 0.277 e. The van der Waals surface area contributed by atoms with Gasteiger partial charge >= 0.3 is 0 Å². The van der Waals surface area contributed by atoms with Gasteiger partial charge in [-0.1, -0.05) is 0 Å². The molecule has 68 valence electrons. The summed E-state index contributed by atoms with van der Waals surface area (Å²) in [5.41, 5.74) is 10.3. The summed E-state index contributed by atoms with van der Waals surface area (Å²) >= 11 is 0. The van der Waals surface area contributed by atoms with E-state index in [1.54, 1.807) is 0 Å². The summed E-state index contributed by atoms with van der Waals surface area (Å²) < 4.78 is 9.67. The van der Waals surface area contributed by atoms with Crippen molar-refractivity contribution in [2.45, 2.75) is 12.9 Å². The second-order valence-electron chi connectivity index (χ2n) is 2.17. The molecule has 0 amide bonds. The van der Waals surface area contributed by atoms with Gasteiger partial charge in [-0.3, -0.25) is 0 Å². The zero-order chi connectivity index (χ0) is 8.74. The molecule has 5 nitrogen and oxygen atoms in total. The van der Waals surface area contributed by atoms with Gasteiger partial charge in [0.2, 0.25) is 0 Å². The van der Waals surface area contributed by atoms with Crippen molar-refractivity contribution >= 4 is 0 Å². The zero-order valence-corrected chi connectivity index (χ0v) is 6.75. The minimum absolute atomic E-state index is 0.261. The minimum atomic E-state index is -1.56. The van der Waals surface area contributed by atoms with Gasteiger partial charge in [-0.15, -0.1) is 0 Å². The minimum Gasteiger partial charge on any atom is -0.344 e. The van der Waals surface area contributed by atoms with E-state index in [0.29, 0.717) is 13.1 Å². The third-order valence-electron chi connectivity index (χ3n) is 0.975. The molecular formula is C6H16N2O3. The van der Waals surface area contributed by atoms with E-state index in [-0.39, 0.29) is 13.2 Å². The van der Waals surface area contributed by atoms with Crippen LogP contribution in [0.2, 0.25) is 0 Å². The van der Waals surface area contributed by atoms with Crippen LogP contribution < -0.4 is 11.5 Å². The Bertz CT molecular complexity index is 87.8. The van der Waals surface area contributed by atoms with Crippen LogP contribution in [0.1, 0.15) is 6.92 Å². The van der Waals surface area contributed by atoms with Gasteiger partial charge in [-0.05, 0) is 0 Å². The Morgan fingerprint density at radius 1 is 1.18 bits per heavy atom. The predicted octanol–water partition coefficient (Wildman–Crippen LogP) is -1.40. The molecule has 0 spiro atoms. The number of hydrogen-bond donors (Lipinski definition) is 3. The normalized spacial score (nSPS) is 12.0. The summed E-state index contributed by atoms with van der Waals surface area (Å²) in [6.45, 7) is 2.62. The molecule has 0 saturated heterocycles. The van der Waals surface area contributed by atoms with Crippen LogP contribution in [0.5, 0.6) is 0 Å². The Morgan fingerprint density at radius 3 is 1.82 bits per heavy atom. The third-order valence-corrected chi connectivity index (χ3v) is 0.975. The summed E-state index contributed by atoms with van der Waals surface area (Å²) in [6.07, 6.45) is 0. The quantitative estimate of drug-likeness (QED) is 0.420. The maximum Gasteiger partial charge on any atom is 0.277 e. The molecule has 0 heterocycles. The zero-order valence-electron chi connectivity index (χ0n) is 6.75. The third kappa shape index (κ3) is 6.21. The van der Waals surface area contributed by atoms with E-state index in [2.05, 4.69) is 0 Å². The number of ether oxygens (including phenoxy) is 2. The van der Waals surface area contributed by atoms with Crippen molar-refractivity contribution in [3.8, 4) is 0 Å². The summed E-state index contributed by atoms with van der Waals surface area (Å²) in [7, 11) is 0. The highest BCUT2D eigenvalue weighted by Gasteiger charge is 2.20. The highest BCUT2D eigenvalue weighted by atomic mass is 16.8. The largest absolute Gasteiger partial charge is 0.344 e. The number of nitrogens with two attached hydrogens (primary N) is 2. The molecular weight excluding hydrogens is 148 g/mol. The lowest BCUT2D eigenvalue weighted by Gasteiger charge is -2.22. The van der Waals surface area contributed by atoms with Gasteiger partial charge in [-0.25, -0.2) is 0 Å². The van der Waals surface area contributed by atoms with Crippen molar-refractivity contribution in [3.05, 3.63) is 0 Å². The van der Waals surface area contributed by atoms with Crippen LogP contribution in [0.4, 0.5) is 0 Å². The van der Waals surface area contributed by atoms with Crippen molar-refractivity contribution in [3.63, 3.8) is 0 Å². The second kappa shape index (κ2) is 5.45.